The van der Waals surface area contributed by atoms with Gasteiger partial charge in [-0.25, -0.2) is 0 Å². The fourth-order valence-electron chi connectivity index (χ4n) is 1.42. The number of benzene rings is 1. The second-order valence-electron chi connectivity index (χ2n) is 4.06. The molecule has 0 radical (unpaired) electrons. The minimum absolute atomic E-state index is 0.149. The zero-order valence-electron chi connectivity index (χ0n) is 9.46. The molecule has 0 saturated carbocycles. The van der Waals surface area contributed by atoms with Crippen molar-refractivity contribution in [3.8, 4) is 0 Å². The molecule has 0 aliphatic carbocycles. The maximum Gasteiger partial charge on any atom is 0.0449 e. The molecule has 0 unspecified atom stereocenters. The molecule has 15 heavy (non-hydrogen) atoms. The molecule has 3 heteroatoms. The maximum atomic E-state index is 6.19. The fourth-order valence-corrected chi connectivity index (χ4v) is 2.73. The van der Waals surface area contributed by atoms with Crippen LogP contribution in [0.1, 0.15) is 26.3 Å². The summed E-state index contributed by atoms with van der Waals surface area (Å²) in [5.41, 5.74) is 7.01. The number of halogens is 1. The Balaban J connectivity index is 2.97. The molecule has 1 rings (SSSR count). The summed E-state index contributed by atoms with van der Waals surface area (Å²) in [6.45, 7) is 6.37. The Morgan fingerprint density at radius 2 is 2.00 bits per heavy atom. The molecule has 0 spiro atoms. The highest BCUT2D eigenvalue weighted by molar-refractivity contribution is 8.00. The van der Waals surface area contributed by atoms with Gasteiger partial charge in [0.05, 0.1) is 0 Å². The van der Waals surface area contributed by atoms with Crippen LogP contribution in [-0.2, 0) is 6.42 Å². The van der Waals surface area contributed by atoms with E-state index in [4.69, 9.17) is 17.3 Å². The molecule has 0 aromatic heterocycles. The van der Waals surface area contributed by atoms with Gasteiger partial charge in [-0.15, -0.1) is 11.8 Å². The summed E-state index contributed by atoms with van der Waals surface area (Å²) in [5, 5.41) is 1.40. The van der Waals surface area contributed by atoms with Crippen LogP contribution >= 0.6 is 23.4 Å². The van der Waals surface area contributed by atoms with Gasteiger partial charge in [0.1, 0.15) is 0 Å². The lowest BCUT2D eigenvalue weighted by atomic mass is 10.1. The molecule has 2 N–H and O–H groups in total. The summed E-state index contributed by atoms with van der Waals surface area (Å²) in [5.74, 6) is 0. The van der Waals surface area contributed by atoms with Crippen LogP contribution in [0.3, 0.4) is 0 Å². The quantitative estimate of drug-likeness (QED) is 0.816. The molecule has 0 bridgehead atoms. The lowest BCUT2D eigenvalue weighted by Gasteiger charge is -2.14. The first-order valence-corrected chi connectivity index (χ1v) is 6.46. The van der Waals surface area contributed by atoms with E-state index in [0.29, 0.717) is 5.25 Å². The summed E-state index contributed by atoms with van der Waals surface area (Å²) < 4.78 is 0. The van der Waals surface area contributed by atoms with E-state index < -0.39 is 0 Å². The smallest absolute Gasteiger partial charge is 0.0449 e. The lowest BCUT2D eigenvalue weighted by Crippen LogP contribution is -2.18. The maximum absolute atomic E-state index is 6.19. The molecule has 0 fully saturated rings. The molecule has 84 valence electrons. The van der Waals surface area contributed by atoms with Crippen molar-refractivity contribution in [2.45, 2.75) is 43.4 Å². The number of hydrogen-bond acceptors (Lipinski definition) is 2. The lowest BCUT2D eigenvalue weighted by molar-refractivity contribution is 0.729. The number of rotatable bonds is 4. The van der Waals surface area contributed by atoms with E-state index >= 15 is 0 Å². The minimum Gasteiger partial charge on any atom is -0.328 e. The molecular weight excluding hydrogens is 226 g/mol. The molecule has 0 aliphatic rings. The molecule has 0 amide bonds. The fraction of sp³-hybridized carbons (Fsp3) is 0.500. The van der Waals surface area contributed by atoms with Gasteiger partial charge in [0, 0.05) is 21.2 Å². The molecule has 1 nitrogen and oxygen atoms in total. The van der Waals surface area contributed by atoms with Crippen molar-refractivity contribution in [3.05, 3.63) is 28.8 Å². The Morgan fingerprint density at radius 3 is 2.53 bits per heavy atom. The normalized spacial score (nSPS) is 13.2. The van der Waals surface area contributed by atoms with Gasteiger partial charge in [0.25, 0.3) is 0 Å². The van der Waals surface area contributed by atoms with E-state index in [1.54, 1.807) is 0 Å². The standard InChI is InChI=1S/C12H18ClNS/c1-8(2)15-12-6-4-5-11(13)10(12)7-9(3)14/h4-6,8-9H,7,14H2,1-3H3/t9-/m0/s1. The predicted octanol–water partition coefficient (Wildman–Crippen LogP) is 3.73. The highest BCUT2D eigenvalue weighted by Crippen LogP contribution is 2.31. The largest absolute Gasteiger partial charge is 0.328 e. The van der Waals surface area contributed by atoms with Crippen molar-refractivity contribution in [2.75, 3.05) is 0 Å². The molecule has 0 saturated heterocycles. The van der Waals surface area contributed by atoms with Crippen molar-refractivity contribution in [1.29, 1.82) is 0 Å². The summed E-state index contributed by atoms with van der Waals surface area (Å²) in [6, 6.07) is 6.20. The molecule has 0 heterocycles. The molecule has 1 atom stereocenters. The van der Waals surface area contributed by atoms with E-state index in [9.17, 15) is 0 Å². The topological polar surface area (TPSA) is 26.0 Å². The third-order valence-corrected chi connectivity index (χ3v) is 3.43. The second kappa shape index (κ2) is 5.78. The van der Waals surface area contributed by atoms with Crippen LogP contribution in [0, 0.1) is 0 Å². The van der Waals surface area contributed by atoms with Crippen LogP contribution < -0.4 is 5.73 Å². The zero-order chi connectivity index (χ0) is 11.4. The first kappa shape index (κ1) is 12.9. The van der Waals surface area contributed by atoms with Crippen molar-refractivity contribution in [1.82, 2.24) is 0 Å². The van der Waals surface area contributed by atoms with Crippen molar-refractivity contribution in [3.63, 3.8) is 0 Å². The number of thioether (sulfide) groups is 1. The summed E-state index contributed by atoms with van der Waals surface area (Å²) in [4.78, 5) is 1.26. The van der Waals surface area contributed by atoms with E-state index in [2.05, 4.69) is 19.9 Å². The minimum atomic E-state index is 0.149. The van der Waals surface area contributed by atoms with Crippen molar-refractivity contribution >= 4 is 23.4 Å². The van der Waals surface area contributed by atoms with Crippen LogP contribution in [0.5, 0.6) is 0 Å². The van der Waals surface area contributed by atoms with Crippen molar-refractivity contribution < 1.29 is 0 Å². The number of hydrogen-bond donors (Lipinski definition) is 1. The van der Waals surface area contributed by atoms with Crippen LogP contribution in [0.4, 0.5) is 0 Å². The monoisotopic (exact) mass is 243 g/mol. The van der Waals surface area contributed by atoms with Gasteiger partial charge in [-0.3, -0.25) is 0 Å². The third kappa shape index (κ3) is 4.06. The highest BCUT2D eigenvalue weighted by Gasteiger charge is 2.10. The Kier molecular flexibility index (Phi) is 4.97. The Hall–Kier alpha value is -0.180. The van der Waals surface area contributed by atoms with E-state index in [0.717, 1.165) is 11.4 Å². The number of nitrogens with two attached hydrogens (primary N) is 1. The highest BCUT2D eigenvalue weighted by atomic mass is 35.5. The Morgan fingerprint density at radius 1 is 1.33 bits per heavy atom. The SMILES string of the molecule is CC(C)Sc1cccc(Cl)c1C[C@H](C)N. The average molecular weight is 244 g/mol. The average Bonchev–Trinajstić information content (AvgIpc) is 2.09. The van der Waals surface area contributed by atoms with Gasteiger partial charge in [0.2, 0.25) is 0 Å². The van der Waals surface area contributed by atoms with Gasteiger partial charge in [-0.2, -0.15) is 0 Å². The van der Waals surface area contributed by atoms with E-state index in [1.165, 1.54) is 10.5 Å². The van der Waals surface area contributed by atoms with Crippen LogP contribution in [0.15, 0.2) is 23.1 Å². The van der Waals surface area contributed by atoms with E-state index in [1.807, 2.05) is 30.8 Å². The summed E-state index contributed by atoms with van der Waals surface area (Å²) in [6.07, 6.45) is 0.842. The van der Waals surface area contributed by atoms with Gasteiger partial charge >= 0.3 is 0 Å². The van der Waals surface area contributed by atoms with Gasteiger partial charge in [-0.05, 0) is 31.0 Å². The van der Waals surface area contributed by atoms with Crippen molar-refractivity contribution in [2.24, 2.45) is 5.73 Å². The van der Waals surface area contributed by atoms with Crippen LogP contribution in [0.2, 0.25) is 5.02 Å². The van der Waals surface area contributed by atoms with Gasteiger partial charge in [0.15, 0.2) is 0 Å². The first-order valence-electron chi connectivity index (χ1n) is 5.20. The Labute approximate surface area is 101 Å². The van der Waals surface area contributed by atoms with Gasteiger partial charge in [-0.1, -0.05) is 31.5 Å². The van der Waals surface area contributed by atoms with E-state index in [-0.39, 0.29) is 6.04 Å². The molecule has 0 aliphatic heterocycles. The molecular formula is C12H18ClNS. The zero-order valence-corrected chi connectivity index (χ0v) is 11.0. The van der Waals surface area contributed by atoms with Crippen LogP contribution in [0.25, 0.3) is 0 Å². The summed E-state index contributed by atoms with van der Waals surface area (Å²) in [7, 11) is 0. The predicted molar refractivity (Wildman–Crippen MR) is 69.8 cm³/mol. The second-order valence-corrected chi connectivity index (χ2v) is 6.09. The Bertz CT molecular complexity index is 323. The molecule has 1 aromatic carbocycles. The summed E-state index contributed by atoms with van der Waals surface area (Å²) >= 11 is 8.03. The van der Waals surface area contributed by atoms with Crippen LogP contribution in [-0.4, -0.2) is 11.3 Å². The first-order chi connectivity index (χ1) is 7.00. The van der Waals surface area contributed by atoms with Gasteiger partial charge < -0.3 is 5.73 Å². The molecule has 1 aromatic rings. The third-order valence-electron chi connectivity index (χ3n) is 1.96.